The fourth-order valence-electron chi connectivity index (χ4n) is 2.48. The van der Waals surface area contributed by atoms with Crippen LogP contribution in [0.4, 0.5) is 10.1 Å². The Bertz CT molecular complexity index is 484. The maximum absolute atomic E-state index is 13.8. The third-order valence-electron chi connectivity index (χ3n) is 3.69. The third kappa shape index (κ3) is 3.70. The standard InChI is InChI=1S/C15H22FN3O/c1-11(17-12(2)20)13-8-14(16)10-15(9-13)19-6-4-18(3)5-7-19/h8-11H,4-7H2,1-3H3,(H,17,20)/t11-/m1/s1. The number of halogens is 1. The Morgan fingerprint density at radius 3 is 2.50 bits per heavy atom. The van der Waals surface area contributed by atoms with Gasteiger partial charge in [-0.2, -0.15) is 0 Å². The maximum Gasteiger partial charge on any atom is 0.217 e. The van der Waals surface area contributed by atoms with Gasteiger partial charge in [-0.15, -0.1) is 0 Å². The predicted molar refractivity (Wildman–Crippen MR) is 78.3 cm³/mol. The van der Waals surface area contributed by atoms with Crippen molar-refractivity contribution < 1.29 is 9.18 Å². The first-order chi connectivity index (χ1) is 9.45. The molecule has 5 heteroatoms. The summed E-state index contributed by atoms with van der Waals surface area (Å²) in [6, 6.07) is 4.83. The quantitative estimate of drug-likeness (QED) is 0.916. The van der Waals surface area contributed by atoms with E-state index in [1.54, 1.807) is 6.07 Å². The molecule has 110 valence electrons. The summed E-state index contributed by atoms with van der Waals surface area (Å²) in [7, 11) is 2.09. The number of benzene rings is 1. The van der Waals surface area contributed by atoms with Crippen LogP contribution in [0.5, 0.6) is 0 Å². The average Bonchev–Trinajstić information content (AvgIpc) is 2.38. The molecular formula is C15H22FN3O. The molecule has 0 radical (unpaired) electrons. The molecule has 1 heterocycles. The SMILES string of the molecule is CC(=O)N[C@H](C)c1cc(F)cc(N2CCN(C)CC2)c1. The summed E-state index contributed by atoms with van der Waals surface area (Å²) < 4.78 is 13.8. The Hall–Kier alpha value is -1.62. The van der Waals surface area contributed by atoms with Crippen molar-refractivity contribution in [1.29, 1.82) is 0 Å². The largest absolute Gasteiger partial charge is 0.369 e. The van der Waals surface area contributed by atoms with Crippen molar-refractivity contribution in [2.24, 2.45) is 0 Å². The summed E-state index contributed by atoms with van der Waals surface area (Å²) in [6.45, 7) is 7.09. The van der Waals surface area contributed by atoms with Gasteiger partial charge in [0.05, 0.1) is 6.04 Å². The molecule has 1 aliphatic heterocycles. The van der Waals surface area contributed by atoms with Crippen molar-refractivity contribution >= 4 is 11.6 Å². The van der Waals surface area contributed by atoms with E-state index in [-0.39, 0.29) is 17.8 Å². The summed E-state index contributed by atoms with van der Waals surface area (Å²) in [5.41, 5.74) is 1.69. The predicted octanol–water partition coefficient (Wildman–Crippen LogP) is 1.77. The first-order valence-corrected chi connectivity index (χ1v) is 6.97. The lowest BCUT2D eigenvalue weighted by atomic mass is 10.1. The lowest BCUT2D eigenvalue weighted by Gasteiger charge is -2.34. The molecule has 0 spiro atoms. The van der Waals surface area contributed by atoms with Crippen molar-refractivity contribution in [2.75, 3.05) is 38.1 Å². The molecule has 1 aromatic rings. The Labute approximate surface area is 119 Å². The molecule has 1 saturated heterocycles. The minimum Gasteiger partial charge on any atom is -0.369 e. The van der Waals surface area contributed by atoms with E-state index in [1.165, 1.54) is 13.0 Å². The number of nitrogens with one attached hydrogen (secondary N) is 1. The Morgan fingerprint density at radius 2 is 1.90 bits per heavy atom. The smallest absolute Gasteiger partial charge is 0.217 e. The molecule has 1 fully saturated rings. The third-order valence-corrected chi connectivity index (χ3v) is 3.69. The fourth-order valence-corrected chi connectivity index (χ4v) is 2.48. The van der Waals surface area contributed by atoms with Gasteiger partial charge < -0.3 is 15.1 Å². The molecular weight excluding hydrogens is 257 g/mol. The minimum absolute atomic E-state index is 0.108. The number of hydrogen-bond acceptors (Lipinski definition) is 3. The Morgan fingerprint density at radius 1 is 1.25 bits per heavy atom. The molecule has 0 aromatic heterocycles. The molecule has 2 rings (SSSR count). The van der Waals surface area contributed by atoms with Gasteiger partial charge in [0, 0.05) is 38.8 Å². The van der Waals surface area contributed by atoms with Gasteiger partial charge in [-0.25, -0.2) is 4.39 Å². The van der Waals surface area contributed by atoms with E-state index in [0.29, 0.717) is 0 Å². The van der Waals surface area contributed by atoms with Crippen LogP contribution < -0.4 is 10.2 Å². The van der Waals surface area contributed by atoms with Crippen LogP contribution in [0, 0.1) is 5.82 Å². The maximum atomic E-state index is 13.8. The first kappa shape index (κ1) is 14.8. The molecule has 1 amide bonds. The highest BCUT2D eigenvalue weighted by Crippen LogP contribution is 2.23. The second kappa shape index (κ2) is 6.22. The van der Waals surface area contributed by atoms with Crippen LogP contribution in [0.3, 0.4) is 0 Å². The number of carbonyl (C=O) groups is 1. The summed E-state index contributed by atoms with van der Waals surface area (Å²) in [5.74, 6) is -0.364. The van der Waals surface area contributed by atoms with E-state index >= 15 is 0 Å². The van der Waals surface area contributed by atoms with E-state index < -0.39 is 0 Å². The van der Waals surface area contributed by atoms with Gasteiger partial charge in [-0.3, -0.25) is 4.79 Å². The van der Waals surface area contributed by atoms with Crippen LogP contribution in [-0.4, -0.2) is 44.0 Å². The van der Waals surface area contributed by atoms with Gasteiger partial charge >= 0.3 is 0 Å². The summed E-state index contributed by atoms with van der Waals surface area (Å²) in [4.78, 5) is 15.6. The van der Waals surface area contributed by atoms with Gasteiger partial charge in [0.2, 0.25) is 5.91 Å². The normalized spacial score (nSPS) is 17.9. The number of piperazine rings is 1. The zero-order valence-electron chi connectivity index (χ0n) is 12.3. The molecule has 0 bridgehead atoms. The van der Waals surface area contributed by atoms with Crippen molar-refractivity contribution in [2.45, 2.75) is 19.9 Å². The highest BCUT2D eigenvalue weighted by atomic mass is 19.1. The van der Waals surface area contributed by atoms with E-state index in [2.05, 4.69) is 22.2 Å². The van der Waals surface area contributed by atoms with Crippen molar-refractivity contribution in [3.63, 3.8) is 0 Å². The number of carbonyl (C=O) groups excluding carboxylic acids is 1. The zero-order valence-corrected chi connectivity index (χ0v) is 12.3. The first-order valence-electron chi connectivity index (χ1n) is 6.97. The van der Waals surface area contributed by atoms with E-state index in [9.17, 15) is 9.18 Å². The molecule has 1 atom stereocenters. The molecule has 1 N–H and O–H groups in total. The molecule has 1 aliphatic rings. The number of rotatable bonds is 3. The second-order valence-corrected chi connectivity index (χ2v) is 5.46. The number of hydrogen-bond donors (Lipinski definition) is 1. The molecule has 20 heavy (non-hydrogen) atoms. The summed E-state index contributed by atoms with van der Waals surface area (Å²) in [5, 5.41) is 2.79. The van der Waals surface area contributed by atoms with E-state index in [0.717, 1.165) is 37.4 Å². The molecule has 0 unspecified atom stereocenters. The van der Waals surface area contributed by atoms with Crippen LogP contribution in [0.15, 0.2) is 18.2 Å². The monoisotopic (exact) mass is 279 g/mol. The number of nitrogens with zero attached hydrogens (tertiary/aromatic N) is 2. The molecule has 0 saturated carbocycles. The van der Waals surface area contributed by atoms with E-state index in [4.69, 9.17) is 0 Å². The Kier molecular flexibility index (Phi) is 4.60. The topological polar surface area (TPSA) is 35.6 Å². The van der Waals surface area contributed by atoms with Gasteiger partial charge in [0.25, 0.3) is 0 Å². The molecule has 1 aromatic carbocycles. The van der Waals surface area contributed by atoms with Crippen molar-refractivity contribution in [3.05, 3.63) is 29.6 Å². The number of likely N-dealkylation sites (N-methyl/N-ethyl adjacent to an activating group) is 1. The lowest BCUT2D eigenvalue weighted by molar-refractivity contribution is -0.119. The van der Waals surface area contributed by atoms with Crippen LogP contribution in [0.1, 0.15) is 25.5 Å². The number of anilines is 1. The van der Waals surface area contributed by atoms with Gasteiger partial charge in [0.15, 0.2) is 0 Å². The van der Waals surface area contributed by atoms with Gasteiger partial charge in [-0.05, 0) is 37.7 Å². The Balaban J connectivity index is 2.18. The van der Waals surface area contributed by atoms with Gasteiger partial charge in [0.1, 0.15) is 5.82 Å². The van der Waals surface area contributed by atoms with Crippen molar-refractivity contribution in [3.8, 4) is 0 Å². The highest BCUT2D eigenvalue weighted by Gasteiger charge is 2.17. The fraction of sp³-hybridized carbons (Fsp3) is 0.533. The number of amides is 1. The minimum atomic E-state index is -0.256. The van der Waals surface area contributed by atoms with Gasteiger partial charge in [-0.1, -0.05) is 0 Å². The van der Waals surface area contributed by atoms with E-state index in [1.807, 2.05) is 13.0 Å². The van der Waals surface area contributed by atoms with Crippen LogP contribution in [-0.2, 0) is 4.79 Å². The van der Waals surface area contributed by atoms with Crippen LogP contribution >= 0.6 is 0 Å². The lowest BCUT2D eigenvalue weighted by Crippen LogP contribution is -2.44. The molecule has 0 aliphatic carbocycles. The molecule has 4 nitrogen and oxygen atoms in total. The zero-order chi connectivity index (χ0) is 14.7. The summed E-state index contributed by atoms with van der Waals surface area (Å²) >= 11 is 0. The highest BCUT2D eigenvalue weighted by molar-refractivity contribution is 5.73. The van der Waals surface area contributed by atoms with Crippen molar-refractivity contribution in [1.82, 2.24) is 10.2 Å². The van der Waals surface area contributed by atoms with Crippen LogP contribution in [0.2, 0.25) is 0 Å². The van der Waals surface area contributed by atoms with Crippen LogP contribution in [0.25, 0.3) is 0 Å². The second-order valence-electron chi connectivity index (χ2n) is 5.46. The summed E-state index contributed by atoms with van der Waals surface area (Å²) in [6.07, 6.45) is 0. The average molecular weight is 279 g/mol.